The van der Waals surface area contributed by atoms with Gasteiger partial charge < -0.3 is 10.6 Å². The SMILES string of the molecule is O=C(Nc1nc2c(s1)CNCC2)C1CC=CCC1. The number of hydrogen-bond acceptors (Lipinski definition) is 4. The van der Waals surface area contributed by atoms with E-state index in [0.29, 0.717) is 0 Å². The van der Waals surface area contributed by atoms with E-state index in [0.717, 1.165) is 49.6 Å². The van der Waals surface area contributed by atoms with E-state index in [1.807, 2.05) is 0 Å². The van der Waals surface area contributed by atoms with E-state index >= 15 is 0 Å². The number of allylic oxidation sites excluding steroid dienone is 2. The molecule has 96 valence electrons. The summed E-state index contributed by atoms with van der Waals surface area (Å²) in [5, 5.41) is 7.06. The molecule has 0 radical (unpaired) electrons. The molecule has 1 atom stereocenters. The molecular formula is C13H17N3OS. The molecule has 2 heterocycles. The minimum absolute atomic E-state index is 0.119. The van der Waals surface area contributed by atoms with Crippen molar-refractivity contribution in [1.29, 1.82) is 0 Å². The molecule has 2 aliphatic rings. The van der Waals surface area contributed by atoms with Crippen LogP contribution in [0.15, 0.2) is 12.2 Å². The van der Waals surface area contributed by atoms with E-state index in [9.17, 15) is 4.79 Å². The summed E-state index contributed by atoms with van der Waals surface area (Å²) in [6.07, 6.45) is 8.04. The van der Waals surface area contributed by atoms with Gasteiger partial charge in [-0.15, -0.1) is 11.3 Å². The Hall–Kier alpha value is -1.20. The number of carbonyl (C=O) groups is 1. The fraction of sp³-hybridized carbons (Fsp3) is 0.538. The monoisotopic (exact) mass is 263 g/mol. The lowest BCUT2D eigenvalue weighted by molar-refractivity contribution is -0.120. The van der Waals surface area contributed by atoms with E-state index in [-0.39, 0.29) is 11.8 Å². The highest BCUT2D eigenvalue weighted by molar-refractivity contribution is 7.15. The van der Waals surface area contributed by atoms with Crippen LogP contribution in [0.25, 0.3) is 0 Å². The van der Waals surface area contributed by atoms with Crippen LogP contribution in [0.1, 0.15) is 29.8 Å². The lowest BCUT2D eigenvalue weighted by Gasteiger charge is -2.15. The van der Waals surface area contributed by atoms with Crippen LogP contribution in [0.3, 0.4) is 0 Å². The fourth-order valence-electron chi connectivity index (χ4n) is 2.42. The summed E-state index contributed by atoms with van der Waals surface area (Å²) in [6.45, 7) is 1.87. The van der Waals surface area contributed by atoms with Crippen LogP contribution < -0.4 is 10.6 Å². The van der Waals surface area contributed by atoms with Gasteiger partial charge in [-0.25, -0.2) is 4.98 Å². The minimum Gasteiger partial charge on any atom is -0.311 e. The molecule has 5 heteroatoms. The van der Waals surface area contributed by atoms with Crippen molar-refractivity contribution < 1.29 is 4.79 Å². The van der Waals surface area contributed by atoms with E-state index in [4.69, 9.17) is 0 Å². The predicted molar refractivity (Wildman–Crippen MR) is 72.6 cm³/mol. The normalized spacial score (nSPS) is 22.6. The maximum Gasteiger partial charge on any atom is 0.229 e. The van der Waals surface area contributed by atoms with Crippen molar-refractivity contribution >= 4 is 22.4 Å². The molecule has 1 aromatic heterocycles. The number of carbonyl (C=O) groups excluding carboxylic acids is 1. The van der Waals surface area contributed by atoms with Crippen LogP contribution in [0.2, 0.25) is 0 Å². The van der Waals surface area contributed by atoms with Gasteiger partial charge in [-0.1, -0.05) is 12.2 Å². The molecule has 4 nitrogen and oxygen atoms in total. The van der Waals surface area contributed by atoms with Gasteiger partial charge in [-0.3, -0.25) is 4.79 Å². The van der Waals surface area contributed by atoms with Crippen LogP contribution in [-0.2, 0) is 17.8 Å². The lowest BCUT2D eigenvalue weighted by Crippen LogP contribution is -2.23. The third-order valence-corrected chi connectivity index (χ3v) is 4.49. The number of fused-ring (bicyclic) bond motifs is 1. The van der Waals surface area contributed by atoms with Crippen LogP contribution in [-0.4, -0.2) is 17.4 Å². The molecule has 1 aromatic rings. The smallest absolute Gasteiger partial charge is 0.229 e. The van der Waals surface area contributed by atoms with Crippen molar-refractivity contribution in [2.75, 3.05) is 11.9 Å². The zero-order valence-corrected chi connectivity index (χ0v) is 11.1. The summed E-state index contributed by atoms with van der Waals surface area (Å²) in [6, 6.07) is 0. The highest BCUT2D eigenvalue weighted by Crippen LogP contribution is 2.27. The number of rotatable bonds is 2. The first-order chi connectivity index (χ1) is 8.83. The molecule has 0 bridgehead atoms. The molecule has 1 unspecified atom stereocenters. The Kier molecular flexibility index (Phi) is 3.43. The second kappa shape index (κ2) is 5.20. The Balaban J connectivity index is 1.66. The maximum atomic E-state index is 12.1. The molecule has 0 saturated heterocycles. The first-order valence-electron chi connectivity index (χ1n) is 6.48. The number of hydrogen-bond donors (Lipinski definition) is 2. The third-order valence-electron chi connectivity index (χ3n) is 3.47. The van der Waals surface area contributed by atoms with Gasteiger partial charge in [0.25, 0.3) is 0 Å². The molecule has 0 fully saturated rings. The number of amides is 1. The molecule has 0 spiro atoms. The number of nitrogens with one attached hydrogen (secondary N) is 2. The van der Waals surface area contributed by atoms with Gasteiger partial charge in [0.05, 0.1) is 5.69 Å². The number of nitrogens with zero attached hydrogens (tertiary/aromatic N) is 1. The molecule has 2 N–H and O–H groups in total. The predicted octanol–water partition coefficient (Wildman–Crippen LogP) is 2.08. The van der Waals surface area contributed by atoms with Crippen LogP contribution in [0, 0.1) is 5.92 Å². The molecule has 0 saturated carbocycles. The summed E-state index contributed by atoms with van der Waals surface area (Å²) in [7, 11) is 0. The van der Waals surface area contributed by atoms with E-state index < -0.39 is 0 Å². The standard InChI is InChI=1S/C13H17N3OS/c17-12(9-4-2-1-3-5-9)16-13-15-10-6-7-14-8-11(10)18-13/h1-2,9,14H,3-8H2,(H,15,16,17). The van der Waals surface area contributed by atoms with Crippen molar-refractivity contribution in [3.8, 4) is 0 Å². The van der Waals surface area contributed by atoms with E-state index in [2.05, 4.69) is 27.8 Å². The highest BCUT2D eigenvalue weighted by Gasteiger charge is 2.21. The Bertz CT molecular complexity index is 457. The Morgan fingerprint density at radius 1 is 1.50 bits per heavy atom. The van der Waals surface area contributed by atoms with Crippen molar-refractivity contribution in [3.63, 3.8) is 0 Å². The first kappa shape index (κ1) is 11.9. The molecule has 1 amide bonds. The maximum absolute atomic E-state index is 12.1. The summed E-state index contributed by atoms with van der Waals surface area (Å²) in [4.78, 5) is 17.9. The lowest BCUT2D eigenvalue weighted by atomic mass is 9.94. The van der Waals surface area contributed by atoms with Gasteiger partial charge >= 0.3 is 0 Å². The van der Waals surface area contributed by atoms with Gasteiger partial charge in [-0.2, -0.15) is 0 Å². The van der Waals surface area contributed by atoms with Crippen molar-refractivity contribution in [2.45, 2.75) is 32.2 Å². The van der Waals surface area contributed by atoms with Gasteiger partial charge in [0.1, 0.15) is 0 Å². The molecule has 3 rings (SSSR count). The van der Waals surface area contributed by atoms with Gasteiger partial charge in [0.15, 0.2) is 5.13 Å². The zero-order chi connectivity index (χ0) is 12.4. The van der Waals surface area contributed by atoms with E-state index in [1.54, 1.807) is 11.3 Å². The van der Waals surface area contributed by atoms with Gasteiger partial charge in [0, 0.05) is 30.3 Å². The van der Waals surface area contributed by atoms with Crippen molar-refractivity contribution in [3.05, 3.63) is 22.7 Å². The molecule has 0 aromatic carbocycles. The zero-order valence-electron chi connectivity index (χ0n) is 10.2. The quantitative estimate of drug-likeness (QED) is 0.803. The average Bonchev–Trinajstić information content (AvgIpc) is 2.82. The molecule has 1 aliphatic carbocycles. The number of thiazole rings is 1. The first-order valence-corrected chi connectivity index (χ1v) is 7.30. The van der Waals surface area contributed by atoms with Gasteiger partial charge in [0.2, 0.25) is 5.91 Å². The van der Waals surface area contributed by atoms with Crippen molar-refractivity contribution in [1.82, 2.24) is 10.3 Å². The summed E-state index contributed by atoms with van der Waals surface area (Å²) in [5.41, 5.74) is 1.15. The van der Waals surface area contributed by atoms with Crippen LogP contribution in [0.4, 0.5) is 5.13 Å². The minimum atomic E-state index is 0.119. The van der Waals surface area contributed by atoms with Crippen LogP contribution in [0.5, 0.6) is 0 Å². The molecular weight excluding hydrogens is 246 g/mol. The van der Waals surface area contributed by atoms with Crippen molar-refractivity contribution in [2.24, 2.45) is 5.92 Å². The second-order valence-corrected chi connectivity index (χ2v) is 5.87. The second-order valence-electron chi connectivity index (χ2n) is 4.79. The Morgan fingerprint density at radius 3 is 3.22 bits per heavy atom. The fourth-order valence-corrected chi connectivity index (χ4v) is 3.40. The largest absolute Gasteiger partial charge is 0.311 e. The number of anilines is 1. The van der Waals surface area contributed by atoms with Gasteiger partial charge in [-0.05, 0) is 19.3 Å². The highest BCUT2D eigenvalue weighted by atomic mass is 32.1. The molecule has 1 aliphatic heterocycles. The van der Waals surface area contributed by atoms with Crippen LogP contribution >= 0.6 is 11.3 Å². The third kappa shape index (κ3) is 2.47. The molecule has 18 heavy (non-hydrogen) atoms. The number of aromatic nitrogens is 1. The summed E-state index contributed by atoms with van der Waals surface area (Å²) in [5.74, 6) is 0.243. The average molecular weight is 263 g/mol. The summed E-state index contributed by atoms with van der Waals surface area (Å²) < 4.78 is 0. The summed E-state index contributed by atoms with van der Waals surface area (Å²) >= 11 is 1.60. The Morgan fingerprint density at radius 2 is 2.44 bits per heavy atom. The topological polar surface area (TPSA) is 54.0 Å². The van der Waals surface area contributed by atoms with E-state index in [1.165, 1.54) is 4.88 Å². The Labute approximate surface area is 111 Å².